The molecule has 0 aromatic heterocycles. The summed E-state index contributed by atoms with van der Waals surface area (Å²) in [6.45, 7) is 1.23. The van der Waals surface area contributed by atoms with E-state index in [-0.39, 0.29) is 11.7 Å². The largest absolute Gasteiger partial charge is 0.390 e. The van der Waals surface area contributed by atoms with Crippen LogP contribution in [0.3, 0.4) is 0 Å². The summed E-state index contributed by atoms with van der Waals surface area (Å²) in [6.07, 6.45) is -0.516. The fourth-order valence-electron chi connectivity index (χ4n) is 2.10. The van der Waals surface area contributed by atoms with Crippen LogP contribution in [-0.2, 0) is 0 Å². The third-order valence-electron chi connectivity index (χ3n) is 2.97. The number of likely N-dealkylation sites (tertiary alicyclic amines) is 1. The maximum absolute atomic E-state index is 11.0. The number of hydrogen-bond acceptors (Lipinski definition) is 5. The Morgan fingerprint density at radius 1 is 1.56 bits per heavy atom. The number of anilines is 1. The van der Waals surface area contributed by atoms with Crippen molar-refractivity contribution in [3.05, 3.63) is 32.8 Å². The summed E-state index contributed by atoms with van der Waals surface area (Å²) in [7, 11) is 1.90. The van der Waals surface area contributed by atoms with E-state index in [0.717, 1.165) is 0 Å². The number of halogens is 1. The van der Waals surface area contributed by atoms with Crippen molar-refractivity contribution in [3.8, 4) is 0 Å². The van der Waals surface area contributed by atoms with Gasteiger partial charge in [0.25, 0.3) is 5.69 Å². The van der Waals surface area contributed by atoms with Crippen LogP contribution >= 0.6 is 15.9 Å². The van der Waals surface area contributed by atoms with Gasteiger partial charge in [-0.1, -0.05) is 15.9 Å². The number of nitro groups is 1. The lowest BCUT2D eigenvalue weighted by atomic mass is 10.2. The summed E-state index contributed by atoms with van der Waals surface area (Å²) in [4.78, 5) is 12.5. The van der Waals surface area contributed by atoms with E-state index in [9.17, 15) is 15.2 Å². The molecule has 1 fully saturated rings. The van der Waals surface area contributed by atoms with E-state index in [2.05, 4.69) is 21.2 Å². The Kier molecular flexibility index (Phi) is 3.84. The molecule has 98 valence electrons. The molecular formula is C11H14BrN3O3. The Labute approximate surface area is 113 Å². The summed E-state index contributed by atoms with van der Waals surface area (Å²) in [5.74, 6) is 0. The second-order valence-electron chi connectivity index (χ2n) is 4.46. The molecule has 1 aliphatic heterocycles. The average molecular weight is 316 g/mol. The van der Waals surface area contributed by atoms with Crippen molar-refractivity contribution >= 4 is 27.3 Å². The highest BCUT2D eigenvalue weighted by molar-refractivity contribution is 9.10. The fraction of sp³-hybridized carbons (Fsp3) is 0.455. The third-order valence-corrected chi connectivity index (χ3v) is 3.46. The molecule has 1 saturated heterocycles. The maximum Gasteiger partial charge on any atom is 0.293 e. The minimum absolute atomic E-state index is 0.00567. The lowest BCUT2D eigenvalue weighted by Crippen LogP contribution is -2.32. The van der Waals surface area contributed by atoms with E-state index >= 15 is 0 Å². The lowest BCUT2D eigenvalue weighted by molar-refractivity contribution is -0.384. The molecule has 1 aromatic carbocycles. The highest BCUT2D eigenvalue weighted by Gasteiger charge is 2.30. The second kappa shape index (κ2) is 5.21. The van der Waals surface area contributed by atoms with E-state index in [0.29, 0.717) is 23.2 Å². The molecule has 0 bridgehead atoms. The van der Waals surface area contributed by atoms with E-state index in [1.54, 1.807) is 12.1 Å². The van der Waals surface area contributed by atoms with E-state index < -0.39 is 11.0 Å². The number of aliphatic hydroxyl groups excluding tert-OH is 1. The second-order valence-corrected chi connectivity index (χ2v) is 5.37. The van der Waals surface area contributed by atoms with Crippen LogP contribution < -0.4 is 5.32 Å². The van der Waals surface area contributed by atoms with Crippen LogP contribution in [0.5, 0.6) is 0 Å². The van der Waals surface area contributed by atoms with Crippen LogP contribution in [0.4, 0.5) is 11.4 Å². The monoisotopic (exact) mass is 315 g/mol. The van der Waals surface area contributed by atoms with Crippen molar-refractivity contribution in [2.75, 3.05) is 25.5 Å². The molecule has 2 rings (SSSR count). The van der Waals surface area contributed by atoms with Crippen molar-refractivity contribution in [3.63, 3.8) is 0 Å². The van der Waals surface area contributed by atoms with Crippen LogP contribution in [-0.4, -0.2) is 47.2 Å². The van der Waals surface area contributed by atoms with Crippen LogP contribution in [0.2, 0.25) is 0 Å². The fourth-order valence-corrected chi connectivity index (χ4v) is 2.45. The Hall–Kier alpha value is -1.18. The van der Waals surface area contributed by atoms with Gasteiger partial charge < -0.3 is 15.3 Å². The van der Waals surface area contributed by atoms with Gasteiger partial charge in [-0.15, -0.1) is 0 Å². The number of aliphatic hydroxyl groups is 1. The number of rotatable bonds is 3. The first-order valence-corrected chi connectivity index (χ1v) is 6.34. The lowest BCUT2D eigenvalue weighted by Gasteiger charge is -2.17. The highest BCUT2D eigenvalue weighted by atomic mass is 79.9. The molecule has 0 unspecified atom stereocenters. The molecule has 0 aliphatic carbocycles. The number of nitro benzene ring substituents is 1. The van der Waals surface area contributed by atoms with Gasteiger partial charge in [0, 0.05) is 23.6 Å². The smallest absolute Gasteiger partial charge is 0.293 e. The molecule has 6 nitrogen and oxygen atoms in total. The summed E-state index contributed by atoms with van der Waals surface area (Å²) < 4.78 is 0.656. The van der Waals surface area contributed by atoms with E-state index in [1.807, 2.05) is 11.9 Å². The van der Waals surface area contributed by atoms with Crippen LogP contribution in [0.1, 0.15) is 0 Å². The first-order valence-electron chi connectivity index (χ1n) is 5.54. The number of likely N-dealkylation sites (N-methyl/N-ethyl adjacent to an activating group) is 1. The number of hydrogen-bond donors (Lipinski definition) is 2. The van der Waals surface area contributed by atoms with Crippen molar-refractivity contribution in [2.45, 2.75) is 12.1 Å². The van der Waals surface area contributed by atoms with Crippen molar-refractivity contribution in [2.24, 2.45) is 0 Å². The van der Waals surface area contributed by atoms with Gasteiger partial charge in [-0.2, -0.15) is 0 Å². The highest BCUT2D eigenvalue weighted by Crippen LogP contribution is 2.29. The average Bonchev–Trinajstić information content (AvgIpc) is 2.60. The molecule has 1 aliphatic rings. The summed E-state index contributed by atoms with van der Waals surface area (Å²) in [5.41, 5.74) is 0.439. The predicted octanol–water partition coefficient (Wildman–Crippen LogP) is 1.44. The summed E-state index contributed by atoms with van der Waals surface area (Å²) in [6, 6.07) is 4.65. The van der Waals surface area contributed by atoms with Gasteiger partial charge in [-0.3, -0.25) is 10.1 Å². The van der Waals surface area contributed by atoms with Crippen LogP contribution in [0.15, 0.2) is 22.7 Å². The molecule has 2 atom stereocenters. The van der Waals surface area contributed by atoms with Crippen LogP contribution in [0.25, 0.3) is 0 Å². The number of benzene rings is 1. The first-order chi connectivity index (χ1) is 8.47. The van der Waals surface area contributed by atoms with Gasteiger partial charge in [-0.05, 0) is 19.2 Å². The van der Waals surface area contributed by atoms with Crippen molar-refractivity contribution in [1.29, 1.82) is 0 Å². The van der Waals surface area contributed by atoms with E-state index in [1.165, 1.54) is 6.07 Å². The molecule has 0 radical (unpaired) electrons. The molecule has 1 heterocycles. The third kappa shape index (κ3) is 2.80. The van der Waals surface area contributed by atoms with Gasteiger partial charge in [0.2, 0.25) is 0 Å². The molecule has 0 amide bonds. The van der Waals surface area contributed by atoms with Gasteiger partial charge >= 0.3 is 0 Å². The molecule has 1 aromatic rings. The summed E-state index contributed by atoms with van der Waals surface area (Å²) in [5, 5.41) is 23.8. The molecule has 0 spiro atoms. The van der Waals surface area contributed by atoms with Gasteiger partial charge in [0.15, 0.2) is 0 Å². The molecule has 2 N–H and O–H groups in total. The Morgan fingerprint density at radius 3 is 2.83 bits per heavy atom. The minimum Gasteiger partial charge on any atom is -0.390 e. The Bertz CT molecular complexity index is 469. The van der Waals surface area contributed by atoms with Crippen molar-refractivity contribution < 1.29 is 10.0 Å². The minimum atomic E-state index is -0.516. The molecule has 7 heteroatoms. The SMILES string of the molecule is CN1C[C@@H](O)[C@H](Nc2ccc(Br)cc2[N+](=O)[O-])C1. The quantitative estimate of drug-likeness (QED) is 0.652. The number of nitrogens with zero attached hydrogens (tertiary/aromatic N) is 2. The van der Waals surface area contributed by atoms with E-state index in [4.69, 9.17) is 0 Å². The zero-order valence-electron chi connectivity index (χ0n) is 9.84. The molecule has 18 heavy (non-hydrogen) atoms. The van der Waals surface area contributed by atoms with Crippen LogP contribution in [0, 0.1) is 10.1 Å². The predicted molar refractivity (Wildman–Crippen MR) is 71.7 cm³/mol. The molecular weight excluding hydrogens is 302 g/mol. The van der Waals surface area contributed by atoms with Gasteiger partial charge in [0.1, 0.15) is 5.69 Å². The number of nitrogens with one attached hydrogen (secondary N) is 1. The Balaban J connectivity index is 2.21. The van der Waals surface area contributed by atoms with Gasteiger partial charge in [-0.25, -0.2) is 0 Å². The maximum atomic E-state index is 11.0. The Morgan fingerprint density at radius 2 is 2.28 bits per heavy atom. The van der Waals surface area contributed by atoms with Gasteiger partial charge in [0.05, 0.1) is 17.1 Å². The summed E-state index contributed by atoms with van der Waals surface area (Å²) >= 11 is 3.21. The first kappa shape index (κ1) is 13.3. The number of β-amino-alcohol motifs (C(OH)–C–C–N with tert-alkyl or cyclic N) is 1. The molecule has 0 saturated carbocycles. The van der Waals surface area contributed by atoms with Crippen molar-refractivity contribution in [1.82, 2.24) is 4.90 Å². The normalized spacial score (nSPS) is 24.2. The topological polar surface area (TPSA) is 78.6 Å². The zero-order valence-corrected chi connectivity index (χ0v) is 11.4. The zero-order chi connectivity index (χ0) is 13.3. The standard InChI is InChI=1S/C11H14BrN3O3/c1-14-5-9(11(16)6-14)13-8-3-2-7(12)4-10(8)15(17)18/h2-4,9,11,13,16H,5-6H2,1H3/t9-,11-/m1/s1.